The van der Waals surface area contributed by atoms with Gasteiger partial charge in [-0.25, -0.2) is 9.07 Å². The van der Waals surface area contributed by atoms with Crippen LogP contribution in [-0.2, 0) is 11.2 Å². The first-order chi connectivity index (χ1) is 16.0. The second kappa shape index (κ2) is 9.99. The molecular weight excluding hydrogens is 421 g/mol. The van der Waals surface area contributed by atoms with Crippen LogP contribution in [0.3, 0.4) is 0 Å². The normalized spacial score (nSPS) is 10.6. The number of ether oxygens (including phenoxy) is 2. The Kier molecular flexibility index (Phi) is 6.69. The lowest BCUT2D eigenvalue weighted by molar-refractivity contribution is -0.116. The highest BCUT2D eigenvalue weighted by molar-refractivity contribution is 5.90. The minimum atomic E-state index is -0.347. The zero-order valence-electron chi connectivity index (χ0n) is 18.4. The minimum Gasteiger partial charge on any atom is -0.497 e. The summed E-state index contributed by atoms with van der Waals surface area (Å²) in [5.41, 5.74) is 3.07. The highest BCUT2D eigenvalue weighted by atomic mass is 19.1. The third-order valence-electron chi connectivity index (χ3n) is 5.14. The van der Waals surface area contributed by atoms with E-state index in [4.69, 9.17) is 9.47 Å². The number of para-hydroxylation sites is 1. The van der Waals surface area contributed by atoms with Gasteiger partial charge in [-0.05, 0) is 74.0 Å². The first-order valence-electron chi connectivity index (χ1n) is 10.5. The van der Waals surface area contributed by atoms with Crippen molar-refractivity contribution in [1.82, 2.24) is 9.78 Å². The molecule has 4 rings (SSSR count). The summed E-state index contributed by atoms with van der Waals surface area (Å²) in [4.78, 5) is 12.5. The summed E-state index contributed by atoms with van der Waals surface area (Å²) in [6.45, 7) is 1.88. The molecule has 0 saturated heterocycles. The number of nitrogens with one attached hydrogen (secondary N) is 1. The number of hydrogen-bond acceptors (Lipinski definition) is 4. The van der Waals surface area contributed by atoms with Gasteiger partial charge in [0.2, 0.25) is 11.8 Å². The Morgan fingerprint density at radius 1 is 0.970 bits per heavy atom. The lowest BCUT2D eigenvalue weighted by atomic mass is 10.1. The second-order valence-corrected chi connectivity index (χ2v) is 7.45. The predicted octanol–water partition coefficient (Wildman–Crippen LogP) is 5.69. The number of aromatic nitrogens is 2. The van der Waals surface area contributed by atoms with Crippen molar-refractivity contribution in [2.75, 3.05) is 12.4 Å². The minimum absolute atomic E-state index is 0.106. The van der Waals surface area contributed by atoms with Gasteiger partial charge < -0.3 is 14.8 Å². The van der Waals surface area contributed by atoms with Crippen molar-refractivity contribution in [2.24, 2.45) is 0 Å². The summed E-state index contributed by atoms with van der Waals surface area (Å²) in [6, 6.07) is 22.5. The maximum atomic E-state index is 13.4. The predicted molar refractivity (Wildman–Crippen MR) is 125 cm³/mol. The molecule has 0 aliphatic rings. The Morgan fingerprint density at radius 3 is 2.30 bits per heavy atom. The number of nitrogens with zero attached hydrogens (tertiary/aromatic N) is 2. The Morgan fingerprint density at radius 2 is 1.64 bits per heavy atom. The van der Waals surface area contributed by atoms with Crippen LogP contribution >= 0.6 is 0 Å². The summed E-state index contributed by atoms with van der Waals surface area (Å²) in [5.74, 6) is 1.23. The first-order valence-corrected chi connectivity index (χ1v) is 10.5. The number of carbonyl (C=O) groups excluding carboxylic acids is 1. The molecule has 1 amide bonds. The van der Waals surface area contributed by atoms with E-state index < -0.39 is 0 Å². The van der Waals surface area contributed by atoms with Gasteiger partial charge in [-0.1, -0.05) is 18.2 Å². The second-order valence-electron chi connectivity index (χ2n) is 7.45. The average Bonchev–Trinajstić information content (AvgIpc) is 3.14. The molecule has 0 spiro atoms. The Balaban J connectivity index is 1.62. The number of rotatable bonds is 8. The van der Waals surface area contributed by atoms with Crippen molar-refractivity contribution in [2.45, 2.75) is 19.8 Å². The fourth-order valence-corrected chi connectivity index (χ4v) is 3.43. The summed E-state index contributed by atoms with van der Waals surface area (Å²) in [6.07, 6.45) is 0.682. The van der Waals surface area contributed by atoms with E-state index in [2.05, 4.69) is 10.4 Å². The number of carbonyl (C=O) groups is 1. The van der Waals surface area contributed by atoms with Crippen LogP contribution in [-0.4, -0.2) is 22.8 Å². The molecule has 33 heavy (non-hydrogen) atoms. The van der Waals surface area contributed by atoms with Gasteiger partial charge in [0.05, 0.1) is 18.5 Å². The van der Waals surface area contributed by atoms with Gasteiger partial charge in [-0.3, -0.25) is 4.79 Å². The highest BCUT2D eigenvalue weighted by Gasteiger charge is 2.20. The van der Waals surface area contributed by atoms with Crippen molar-refractivity contribution in [1.29, 1.82) is 0 Å². The molecule has 0 radical (unpaired) electrons. The molecule has 168 valence electrons. The van der Waals surface area contributed by atoms with Crippen molar-refractivity contribution >= 4 is 11.6 Å². The lowest BCUT2D eigenvalue weighted by Crippen LogP contribution is -2.12. The van der Waals surface area contributed by atoms with Crippen LogP contribution in [0.2, 0.25) is 0 Å². The number of anilines is 1. The number of amides is 1. The smallest absolute Gasteiger partial charge is 0.226 e. The van der Waals surface area contributed by atoms with E-state index in [-0.39, 0.29) is 18.1 Å². The quantitative estimate of drug-likeness (QED) is 0.378. The Hall–Kier alpha value is -4.13. The molecule has 0 unspecified atom stereocenters. The van der Waals surface area contributed by atoms with E-state index >= 15 is 0 Å². The Bertz CT molecular complexity index is 1220. The largest absolute Gasteiger partial charge is 0.497 e. The van der Waals surface area contributed by atoms with Gasteiger partial charge in [0.15, 0.2) is 0 Å². The molecule has 0 bridgehead atoms. The third kappa shape index (κ3) is 5.38. The molecule has 1 aromatic heterocycles. The summed E-state index contributed by atoms with van der Waals surface area (Å²) in [5, 5.41) is 7.55. The molecule has 7 heteroatoms. The molecule has 0 atom stereocenters. The standard InChI is InChI=1S/C26H24FN3O3/c1-18-24(16-17-25(31)28-20-6-4-3-5-7-20)26(33-23-12-8-19(27)9-13-23)30(29-18)21-10-14-22(32-2)15-11-21/h3-15H,16-17H2,1-2H3,(H,28,31). The van der Waals surface area contributed by atoms with Crippen molar-refractivity contribution in [3.63, 3.8) is 0 Å². The van der Waals surface area contributed by atoms with Gasteiger partial charge in [0, 0.05) is 17.7 Å². The average molecular weight is 445 g/mol. The van der Waals surface area contributed by atoms with Gasteiger partial charge in [0.25, 0.3) is 0 Å². The van der Waals surface area contributed by atoms with E-state index in [0.717, 1.165) is 28.4 Å². The van der Waals surface area contributed by atoms with Crippen LogP contribution in [0.25, 0.3) is 5.69 Å². The molecule has 6 nitrogen and oxygen atoms in total. The number of benzene rings is 3. The maximum Gasteiger partial charge on any atom is 0.226 e. The maximum absolute atomic E-state index is 13.4. The fraction of sp³-hybridized carbons (Fsp3) is 0.154. The van der Waals surface area contributed by atoms with Crippen LogP contribution in [0, 0.1) is 12.7 Å². The van der Waals surface area contributed by atoms with Crippen LogP contribution < -0.4 is 14.8 Å². The van der Waals surface area contributed by atoms with Crippen LogP contribution in [0.1, 0.15) is 17.7 Å². The van der Waals surface area contributed by atoms with Crippen molar-refractivity contribution < 1.29 is 18.7 Å². The van der Waals surface area contributed by atoms with E-state index in [9.17, 15) is 9.18 Å². The number of halogens is 1. The van der Waals surface area contributed by atoms with Gasteiger partial charge in [0.1, 0.15) is 17.3 Å². The van der Waals surface area contributed by atoms with Crippen LogP contribution in [0.4, 0.5) is 10.1 Å². The molecule has 0 aliphatic carbocycles. The molecule has 0 saturated carbocycles. The molecule has 1 heterocycles. The van der Waals surface area contributed by atoms with Crippen molar-refractivity contribution in [3.05, 3.63) is 95.9 Å². The van der Waals surface area contributed by atoms with Gasteiger partial charge >= 0.3 is 0 Å². The number of aryl methyl sites for hydroxylation is 1. The first kappa shape index (κ1) is 22.1. The number of methoxy groups -OCH3 is 1. The molecular formula is C26H24FN3O3. The fourth-order valence-electron chi connectivity index (χ4n) is 3.43. The van der Waals surface area contributed by atoms with E-state index in [0.29, 0.717) is 18.1 Å². The molecule has 3 aromatic carbocycles. The van der Waals surface area contributed by atoms with E-state index in [1.165, 1.54) is 12.1 Å². The zero-order chi connectivity index (χ0) is 23.2. The Labute approximate surface area is 191 Å². The summed E-state index contributed by atoms with van der Waals surface area (Å²) in [7, 11) is 1.61. The van der Waals surface area contributed by atoms with Gasteiger partial charge in [-0.2, -0.15) is 5.10 Å². The van der Waals surface area contributed by atoms with E-state index in [1.54, 1.807) is 23.9 Å². The lowest BCUT2D eigenvalue weighted by Gasteiger charge is -2.12. The molecule has 1 N–H and O–H groups in total. The summed E-state index contributed by atoms with van der Waals surface area (Å²) >= 11 is 0. The molecule has 0 fully saturated rings. The van der Waals surface area contributed by atoms with Crippen LogP contribution in [0.15, 0.2) is 78.9 Å². The summed E-state index contributed by atoms with van der Waals surface area (Å²) < 4.78 is 26.5. The van der Waals surface area contributed by atoms with E-state index in [1.807, 2.05) is 61.5 Å². The third-order valence-corrected chi connectivity index (χ3v) is 5.14. The zero-order valence-corrected chi connectivity index (χ0v) is 18.4. The highest BCUT2D eigenvalue weighted by Crippen LogP contribution is 2.32. The number of hydrogen-bond donors (Lipinski definition) is 1. The SMILES string of the molecule is COc1ccc(-n2nc(C)c(CCC(=O)Nc3ccccc3)c2Oc2ccc(F)cc2)cc1. The van der Waals surface area contributed by atoms with Crippen molar-refractivity contribution in [3.8, 4) is 23.1 Å². The van der Waals surface area contributed by atoms with Gasteiger partial charge in [-0.15, -0.1) is 0 Å². The van der Waals surface area contributed by atoms with Crippen LogP contribution in [0.5, 0.6) is 17.4 Å². The topological polar surface area (TPSA) is 65.4 Å². The molecule has 4 aromatic rings. The monoisotopic (exact) mass is 445 g/mol. The molecule has 0 aliphatic heterocycles.